The molecule has 1 aromatic heterocycles. The van der Waals surface area contributed by atoms with Gasteiger partial charge in [0.25, 0.3) is 0 Å². The average Bonchev–Trinajstić information content (AvgIpc) is 2.72. The smallest absolute Gasteiger partial charge is 0.306 e. The van der Waals surface area contributed by atoms with Crippen molar-refractivity contribution in [2.75, 3.05) is 13.7 Å². The van der Waals surface area contributed by atoms with E-state index in [0.717, 1.165) is 19.5 Å². The van der Waals surface area contributed by atoms with Gasteiger partial charge in [0.05, 0.1) is 13.5 Å². The van der Waals surface area contributed by atoms with Gasteiger partial charge in [0.15, 0.2) is 0 Å². The van der Waals surface area contributed by atoms with Crippen molar-refractivity contribution in [3.63, 3.8) is 0 Å². The zero-order chi connectivity index (χ0) is 11.8. The van der Waals surface area contributed by atoms with Crippen LogP contribution in [0, 0.1) is 0 Å². The normalized spacial score (nSPS) is 10.4. The summed E-state index contributed by atoms with van der Waals surface area (Å²) in [5.41, 5.74) is 1.25. The van der Waals surface area contributed by atoms with Crippen LogP contribution in [-0.2, 0) is 22.6 Å². The maximum Gasteiger partial charge on any atom is 0.306 e. The zero-order valence-electron chi connectivity index (χ0n) is 10.0. The van der Waals surface area contributed by atoms with Crippen molar-refractivity contribution in [3.8, 4) is 0 Å². The predicted octanol–water partition coefficient (Wildman–Crippen LogP) is 1.55. The molecule has 0 saturated carbocycles. The molecule has 1 heterocycles. The van der Waals surface area contributed by atoms with Crippen LogP contribution in [0.2, 0.25) is 0 Å². The minimum Gasteiger partial charge on any atom is -0.469 e. The fourth-order valence-electron chi connectivity index (χ4n) is 1.52. The van der Waals surface area contributed by atoms with Crippen LogP contribution in [0.4, 0.5) is 0 Å². The van der Waals surface area contributed by atoms with Crippen LogP contribution in [0.25, 0.3) is 0 Å². The number of aryl methyl sites for hydroxylation is 1. The third-order valence-electron chi connectivity index (χ3n) is 2.36. The Morgan fingerprint density at radius 1 is 1.56 bits per heavy atom. The highest BCUT2D eigenvalue weighted by atomic mass is 16.5. The molecule has 0 spiro atoms. The van der Waals surface area contributed by atoms with Crippen molar-refractivity contribution in [1.29, 1.82) is 0 Å². The summed E-state index contributed by atoms with van der Waals surface area (Å²) in [7, 11) is 1.41. The van der Waals surface area contributed by atoms with Gasteiger partial charge >= 0.3 is 5.97 Å². The molecule has 0 bridgehead atoms. The van der Waals surface area contributed by atoms with Crippen LogP contribution in [0.3, 0.4) is 0 Å². The van der Waals surface area contributed by atoms with E-state index in [9.17, 15) is 4.79 Å². The Bertz CT molecular complexity index is 321. The fourth-order valence-corrected chi connectivity index (χ4v) is 1.52. The van der Waals surface area contributed by atoms with Gasteiger partial charge in [0.2, 0.25) is 0 Å². The SMILES string of the molecule is CCCn1ccc(CNCCC(=O)OC)c1. The molecule has 90 valence electrons. The van der Waals surface area contributed by atoms with Gasteiger partial charge in [0.1, 0.15) is 0 Å². The van der Waals surface area contributed by atoms with Gasteiger partial charge < -0.3 is 14.6 Å². The third-order valence-corrected chi connectivity index (χ3v) is 2.36. The molecule has 16 heavy (non-hydrogen) atoms. The lowest BCUT2D eigenvalue weighted by Gasteiger charge is -2.02. The highest BCUT2D eigenvalue weighted by molar-refractivity contribution is 5.69. The zero-order valence-corrected chi connectivity index (χ0v) is 10.0. The Morgan fingerprint density at radius 2 is 2.38 bits per heavy atom. The summed E-state index contributed by atoms with van der Waals surface area (Å²) in [6.07, 6.45) is 5.78. The second kappa shape index (κ2) is 7.06. The number of nitrogens with one attached hydrogen (secondary N) is 1. The van der Waals surface area contributed by atoms with Gasteiger partial charge in [-0.2, -0.15) is 0 Å². The van der Waals surface area contributed by atoms with Crippen LogP contribution >= 0.6 is 0 Å². The molecule has 0 amide bonds. The summed E-state index contributed by atoms with van der Waals surface area (Å²) in [5.74, 6) is -0.170. The lowest BCUT2D eigenvalue weighted by Crippen LogP contribution is -2.18. The third kappa shape index (κ3) is 4.49. The summed E-state index contributed by atoms with van der Waals surface area (Å²) >= 11 is 0. The number of ether oxygens (including phenoxy) is 1. The molecule has 0 aliphatic rings. The van der Waals surface area contributed by atoms with Crippen molar-refractivity contribution >= 4 is 5.97 Å². The number of carbonyl (C=O) groups is 1. The molecule has 0 unspecified atom stereocenters. The van der Waals surface area contributed by atoms with Crippen molar-refractivity contribution in [1.82, 2.24) is 9.88 Å². The molecular formula is C12H20N2O2. The van der Waals surface area contributed by atoms with Gasteiger partial charge in [-0.05, 0) is 18.1 Å². The molecule has 0 aliphatic heterocycles. The molecule has 0 saturated heterocycles. The Balaban J connectivity index is 2.19. The number of aromatic nitrogens is 1. The standard InChI is InChI=1S/C12H20N2O2/c1-3-7-14-8-5-11(10-14)9-13-6-4-12(15)16-2/h5,8,10,13H,3-4,6-7,9H2,1-2H3. The highest BCUT2D eigenvalue weighted by Crippen LogP contribution is 2.01. The first-order valence-electron chi connectivity index (χ1n) is 5.68. The molecule has 1 N–H and O–H groups in total. The maximum atomic E-state index is 10.8. The van der Waals surface area contributed by atoms with Crippen LogP contribution in [0.1, 0.15) is 25.3 Å². The minimum atomic E-state index is -0.170. The molecule has 0 atom stereocenters. The number of hydrogen-bond donors (Lipinski definition) is 1. The van der Waals surface area contributed by atoms with E-state index in [1.54, 1.807) is 0 Å². The van der Waals surface area contributed by atoms with E-state index in [-0.39, 0.29) is 5.97 Å². The molecule has 0 aromatic carbocycles. The van der Waals surface area contributed by atoms with Crippen molar-refractivity contribution in [2.45, 2.75) is 32.9 Å². The van der Waals surface area contributed by atoms with Crippen molar-refractivity contribution < 1.29 is 9.53 Å². The number of methoxy groups -OCH3 is 1. The molecule has 0 radical (unpaired) electrons. The first-order valence-corrected chi connectivity index (χ1v) is 5.68. The Kier molecular flexibility index (Phi) is 5.64. The topological polar surface area (TPSA) is 43.3 Å². The highest BCUT2D eigenvalue weighted by Gasteiger charge is 2.00. The van der Waals surface area contributed by atoms with Crippen LogP contribution in [0.5, 0.6) is 0 Å². The van der Waals surface area contributed by atoms with E-state index in [0.29, 0.717) is 13.0 Å². The Labute approximate surface area is 96.6 Å². The van der Waals surface area contributed by atoms with Gasteiger partial charge in [0, 0.05) is 32.0 Å². The molecular weight excluding hydrogens is 204 g/mol. The molecule has 1 aromatic rings. The fraction of sp³-hybridized carbons (Fsp3) is 0.583. The van der Waals surface area contributed by atoms with Crippen molar-refractivity contribution in [3.05, 3.63) is 24.0 Å². The van der Waals surface area contributed by atoms with E-state index in [1.807, 2.05) is 0 Å². The number of hydrogen-bond acceptors (Lipinski definition) is 3. The summed E-state index contributed by atoms with van der Waals surface area (Å²) in [4.78, 5) is 10.8. The van der Waals surface area contributed by atoms with Gasteiger partial charge in [-0.15, -0.1) is 0 Å². The first-order chi connectivity index (χ1) is 7.76. The van der Waals surface area contributed by atoms with Crippen LogP contribution < -0.4 is 5.32 Å². The predicted molar refractivity (Wildman–Crippen MR) is 63.1 cm³/mol. The van der Waals surface area contributed by atoms with Crippen LogP contribution in [-0.4, -0.2) is 24.2 Å². The molecule has 0 fully saturated rings. The average molecular weight is 224 g/mol. The van der Waals surface area contributed by atoms with Gasteiger partial charge in [-0.25, -0.2) is 0 Å². The van der Waals surface area contributed by atoms with Crippen molar-refractivity contribution in [2.24, 2.45) is 0 Å². The number of nitrogens with zero attached hydrogens (tertiary/aromatic N) is 1. The second-order valence-electron chi connectivity index (χ2n) is 3.76. The van der Waals surface area contributed by atoms with E-state index < -0.39 is 0 Å². The lowest BCUT2D eigenvalue weighted by molar-refractivity contribution is -0.140. The minimum absolute atomic E-state index is 0.170. The second-order valence-corrected chi connectivity index (χ2v) is 3.76. The number of rotatable bonds is 7. The molecule has 1 rings (SSSR count). The maximum absolute atomic E-state index is 10.8. The molecule has 4 nitrogen and oxygen atoms in total. The summed E-state index contributed by atoms with van der Waals surface area (Å²) < 4.78 is 6.73. The quantitative estimate of drug-likeness (QED) is 0.564. The van der Waals surface area contributed by atoms with Crippen LogP contribution in [0.15, 0.2) is 18.5 Å². The Hall–Kier alpha value is -1.29. The van der Waals surface area contributed by atoms with E-state index in [4.69, 9.17) is 0 Å². The number of carbonyl (C=O) groups excluding carboxylic acids is 1. The van der Waals surface area contributed by atoms with Gasteiger partial charge in [-0.1, -0.05) is 6.92 Å². The first kappa shape index (κ1) is 12.8. The number of esters is 1. The summed E-state index contributed by atoms with van der Waals surface area (Å²) in [5, 5.41) is 3.21. The van der Waals surface area contributed by atoms with E-state index in [2.05, 4.69) is 40.0 Å². The largest absolute Gasteiger partial charge is 0.469 e. The van der Waals surface area contributed by atoms with E-state index in [1.165, 1.54) is 12.7 Å². The van der Waals surface area contributed by atoms with E-state index >= 15 is 0 Å². The summed E-state index contributed by atoms with van der Waals surface area (Å²) in [6.45, 7) is 4.68. The lowest BCUT2D eigenvalue weighted by atomic mass is 10.3. The summed E-state index contributed by atoms with van der Waals surface area (Å²) in [6, 6.07) is 2.10. The van der Waals surface area contributed by atoms with Gasteiger partial charge in [-0.3, -0.25) is 4.79 Å². The Morgan fingerprint density at radius 3 is 3.06 bits per heavy atom. The monoisotopic (exact) mass is 224 g/mol. The molecule has 4 heteroatoms. The molecule has 0 aliphatic carbocycles.